The normalized spacial score (nSPS) is 13.6. The van der Waals surface area contributed by atoms with Gasteiger partial charge < -0.3 is 4.57 Å². The van der Waals surface area contributed by atoms with E-state index in [1.807, 2.05) is 22.7 Å². The van der Waals surface area contributed by atoms with Gasteiger partial charge in [0.1, 0.15) is 11.0 Å². The summed E-state index contributed by atoms with van der Waals surface area (Å²) in [5, 5.41) is 2.78. The van der Waals surface area contributed by atoms with Crippen molar-refractivity contribution < 1.29 is 1.37 Å². The third kappa shape index (κ3) is 9.75. The molecule has 0 bridgehead atoms. The molecule has 0 spiro atoms. The lowest BCUT2D eigenvalue weighted by Gasteiger charge is -2.22. The van der Waals surface area contributed by atoms with Gasteiger partial charge in [0.15, 0.2) is 0 Å². The number of aryl methyl sites for hydroxylation is 2. The Morgan fingerprint density at radius 1 is 0.704 bits per heavy atom. The molecule has 54 heavy (non-hydrogen) atoms. The van der Waals surface area contributed by atoms with Gasteiger partial charge in [-0.15, -0.1) is 31.8 Å². The zero-order valence-corrected chi connectivity index (χ0v) is 35.9. The lowest BCUT2D eigenvalue weighted by Crippen LogP contribution is -2.09. The quantitative estimate of drug-likeness (QED) is 0.0464. The lowest BCUT2D eigenvalue weighted by molar-refractivity contribution is 0.410. The van der Waals surface area contributed by atoms with Crippen molar-refractivity contribution in [2.75, 3.05) is 6.04 Å². The number of nitrogens with zero attached hydrogens (tertiary/aromatic N) is 3. The molecule has 4 aromatic heterocycles. The molecule has 0 N–H and O–H groups in total. The molecule has 0 aliphatic heterocycles. The van der Waals surface area contributed by atoms with Crippen LogP contribution < -0.4 is 0 Å². The van der Waals surface area contributed by atoms with E-state index in [4.69, 9.17) is 20.5 Å². The van der Waals surface area contributed by atoms with Crippen LogP contribution in [0.5, 0.6) is 0 Å². The van der Waals surface area contributed by atoms with Gasteiger partial charge in [0.2, 0.25) is 0 Å². The second-order valence-corrected chi connectivity index (χ2v) is 17.9. The fourth-order valence-electron chi connectivity index (χ4n) is 7.91. The highest BCUT2D eigenvalue weighted by atomic mass is 32.1. The summed E-state index contributed by atoms with van der Waals surface area (Å²) in [4.78, 5) is 5.12. The number of fused-ring (bicyclic) bond motifs is 4. The van der Waals surface area contributed by atoms with Crippen molar-refractivity contribution in [3.8, 4) is 31.3 Å². The fourth-order valence-corrected chi connectivity index (χ4v) is 10.4. The first-order valence-corrected chi connectivity index (χ1v) is 23.0. The van der Waals surface area contributed by atoms with E-state index in [-0.39, 0.29) is 0 Å². The first kappa shape index (κ1) is 36.8. The van der Waals surface area contributed by atoms with Crippen LogP contribution in [-0.4, -0.2) is 29.8 Å². The molecular formula is C46H57BN3PS3. The Bertz CT molecular complexity index is 2310. The Labute approximate surface area is 343 Å². The largest absolute Gasteiger partial charge is 0.337 e. The molecule has 8 heteroatoms. The predicted molar refractivity (Wildman–Crippen MR) is 247 cm³/mol. The zero-order valence-electron chi connectivity index (χ0n) is 35.6. The Kier molecular flexibility index (Phi) is 13.9. The molecule has 0 amide bonds. The number of benzene rings is 3. The van der Waals surface area contributed by atoms with Crippen LogP contribution in [0, 0.1) is 13.8 Å². The second-order valence-electron chi connectivity index (χ2n) is 14.7. The molecule has 0 aliphatic carbocycles. The van der Waals surface area contributed by atoms with Crippen molar-refractivity contribution in [1.82, 2.24) is 13.3 Å². The van der Waals surface area contributed by atoms with Crippen LogP contribution in [0.4, 0.5) is 0 Å². The van der Waals surface area contributed by atoms with Crippen molar-refractivity contribution in [3.05, 3.63) is 83.2 Å². The van der Waals surface area contributed by atoms with E-state index in [0.717, 1.165) is 11.0 Å². The summed E-state index contributed by atoms with van der Waals surface area (Å²) in [5.74, 6) is 0. The summed E-state index contributed by atoms with van der Waals surface area (Å²) in [7, 11) is 3.04. The van der Waals surface area contributed by atoms with E-state index in [0.29, 0.717) is 6.04 Å². The third-order valence-electron chi connectivity index (χ3n) is 10.7. The molecule has 0 fully saturated rings. The van der Waals surface area contributed by atoms with Crippen LogP contribution in [-0.2, 0) is 0 Å². The highest BCUT2D eigenvalue weighted by Crippen LogP contribution is 2.43. The van der Waals surface area contributed by atoms with E-state index in [2.05, 4.69) is 105 Å². The van der Waals surface area contributed by atoms with Crippen LogP contribution >= 0.6 is 43.5 Å². The maximum Gasteiger partial charge on any atom is 0.114 e. The number of aromatic nitrogens is 3. The first-order chi connectivity index (χ1) is 27.7. The molecule has 282 valence electrons. The van der Waals surface area contributed by atoms with E-state index >= 15 is 0 Å². The van der Waals surface area contributed by atoms with Crippen LogP contribution in [0.25, 0.3) is 64.2 Å². The summed E-state index contributed by atoms with van der Waals surface area (Å²) in [6.45, 7) is 9.04. The maximum atomic E-state index is 6.46. The number of rotatable bonds is 19. The molecule has 0 saturated carbocycles. The zero-order chi connectivity index (χ0) is 40.3. The van der Waals surface area contributed by atoms with Crippen molar-refractivity contribution in [2.24, 2.45) is 0 Å². The molecular weight excluding hydrogens is 733 g/mol. The Balaban J connectivity index is 0.000000850. The molecule has 3 aromatic carbocycles. The Morgan fingerprint density at radius 3 is 1.83 bits per heavy atom. The van der Waals surface area contributed by atoms with Gasteiger partial charge in [-0.2, -0.15) is 8.75 Å². The molecule has 2 atom stereocenters. The fraction of sp³-hybridized carbons (Fsp3) is 0.435. The van der Waals surface area contributed by atoms with Gasteiger partial charge in [0.05, 0.1) is 27.6 Å². The second kappa shape index (κ2) is 20.4. The minimum absolute atomic E-state index is 0.523. The van der Waals surface area contributed by atoms with Crippen LogP contribution in [0.1, 0.15) is 122 Å². The average Bonchev–Trinajstić information content (AvgIpc) is 4.03. The smallest absolute Gasteiger partial charge is 0.114 e. The first-order valence-electron chi connectivity index (χ1n) is 21.6. The van der Waals surface area contributed by atoms with E-state index in [1.54, 1.807) is 0 Å². The molecule has 7 rings (SSSR count). The predicted octanol–water partition coefficient (Wildman–Crippen LogP) is 15.6. The molecule has 2 radical (unpaired) electrons. The van der Waals surface area contributed by atoms with Crippen molar-refractivity contribution in [2.45, 2.75) is 124 Å². The number of hydrogen-bond acceptors (Lipinski definition) is 5. The Morgan fingerprint density at radius 2 is 1.24 bits per heavy atom. The third-order valence-corrected chi connectivity index (χ3v) is 13.4. The summed E-state index contributed by atoms with van der Waals surface area (Å²) in [6.07, 6.45) is 18.7. The molecule has 2 unspecified atom stereocenters. The van der Waals surface area contributed by atoms with Crippen LogP contribution in [0.3, 0.4) is 0 Å². The molecule has 0 saturated heterocycles. The molecule has 7 aromatic rings. The summed E-state index contributed by atoms with van der Waals surface area (Å²) in [5.41, 5.74) is 9.83. The van der Waals surface area contributed by atoms with Gasteiger partial charge in [0.25, 0.3) is 0 Å². The Hall–Kier alpha value is -2.83. The van der Waals surface area contributed by atoms with E-state index in [9.17, 15) is 0 Å². The van der Waals surface area contributed by atoms with Gasteiger partial charge >= 0.3 is 0 Å². The summed E-state index contributed by atoms with van der Waals surface area (Å²) in [6, 6.07) is 27.4. The average molecular weight is 795 g/mol. The highest BCUT2D eigenvalue weighted by Gasteiger charge is 2.21. The monoisotopic (exact) mass is 794 g/mol. The molecule has 4 heterocycles. The molecule has 3 nitrogen and oxygen atoms in total. The number of hydrogen-bond donors (Lipinski definition) is 0. The lowest BCUT2D eigenvalue weighted by atomic mass is 9.99. The van der Waals surface area contributed by atoms with Gasteiger partial charge in [-0.25, -0.2) is 0 Å². The van der Waals surface area contributed by atoms with E-state index < -0.39 is 15.2 Å². The van der Waals surface area contributed by atoms with Crippen molar-refractivity contribution in [3.63, 3.8) is 0 Å². The van der Waals surface area contributed by atoms with Gasteiger partial charge in [0, 0.05) is 54.3 Å². The minimum atomic E-state index is -1.72. The van der Waals surface area contributed by atoms with Gasteiger partial charge in [-0.05, 0) is 74.2 Å². The highest BCUT2D eigenvalue weighted by molar-refractivity contribution is 7.19. The van der Waals surface area contributed by atoms with Crippen molar-refractivity contribution >= 4 is 84.2 Å². The van der Waals surface area contributed by atoms with Crippen LogP contribution in [0.2, 0.25) is 0 Å². The summed E-state index contributed by atoms with van der Waals surface area (Å²) >= 11 is 5.01. The van der Waals surface area contributed by atoms with E-state index in [1.165, 1.54) is 165 Å². The standard InChI is InChI=1S/C45H53N3S3.CH4BP/c1-5-7-9-11-13-15-17-34(18-16-14-12-10-8-6-2)48-39-29-31(3)19-22-35(39)36-23-21-33(30-40(36)48)41-27-28-43(50-41)38-25-24-37(42-26-20-32(4)49-42)44-45(38)47-51-46-44;2-1-3/h19-30,34H,5-18H2,1-4H3;1,3H2/i;1T,3TD. The minimum Gasteiger partial charge on any atom is -0.337 e. The maximum absolute atomic E-state index is 6.46. The topological polar surface area (TPSA) is 30.7 Å². The number of thiophene rings is 2. The molecule has 0 aliphatic rings. The van der Waals surface area contributed by atoms with Crippen LogP contribution in [0.15, 0.2) is 72.8 Å². The van der Waals surface area contributed by atoms with Crippen molar-refractivity contribution in [1.29, 1.82) is 2.56 Å². The van der Waals surface area contributed by atoms with Gasteiger partial charge in [-0.1, -0.05) is 133 Å². The SMILES string of the molecule is CCCCCCCCC(CCCCCCCC)n1c2cc(C)ccc2c2ccc(-c3ccc(-c4ccc(-c5ccc(C)s5)c5nsnc45)s3)cc21.[2H]P([3H])C([3H])[B]. The van der Waals surface area contributed by atoms with Gasteiger partial charge in [-0.3, -0.25) is 0 Å². The summed E-state index contributed by atoms with van der Waals surface area (Å²) < 4.78 is 31.7. The number of unbranched alkanes of at least 4 members (excludes halogenated alkanes) is 10.